The maximum absolute atomic E-state index is 12.0. The fraction of sp³-hybridized carbons (Fsp3) is 0.429. The second-order valence-electron chi connectivity index (χ2n) is 2.37. The molecule has 1 aromatic rings. The molecule has 0 unspecified atom stereocenters. The molecule has 1 aromatic heterocycles. The second-order valence-corrected chi connectivity index (χ2v) is 2.37. The third-order valence-electron chi connectivity index (χ3n) is 1.38. The molecule has 0 aliphatic rings. The summed E-state index contributed by atoms with van der Waals surface area (Å²) in [6, 6.07) is 2.71. The molecule has 3 nitrogen and oxygen atoms in total. The standard InChI is InChI=1S/C7H6F3N3/c8-7(9,10)6-2-5-13(12-6)4-1-3-11/h2,5H,1,4H2. The van der Waals surface area contributed by atoms with Crippen molar-refractivity contribution in [3.63, 3.8) is 0 Å². The zero-order chi connectivity index (χ0) is 9.90. The highest BCUT2D eigenvalue weighted by Crippen LogP contribution is 2.27. The molecule has 0 fully saturated rings. The van der Waals surface area contributed by atoms with E-state index in [-0.39, 0.29) is 13.0 Å². The topological polar surface area (TPSA) is 41.6 Å². The van der Waals surface area contributed by atoms with Gasteiger partial charge in [0.25, 0.3) is 0 Å². The zero-order valence-electron chi connectivity index (χ0n) is 6.54. The van der Waals surface area contributed by atoms with Crippen LogP contribution in [0.2, 0.25) is 0 Å². The number of aromatic nitrogens is 2. The number of hydrogen-bond acceptors (Lipinski definition) is 2. The van der Waals surface area contributed by atoms with E-state index in [1.807, 2.05) is 6.07 Å². The van der Waals surface area contributed by atoms with E-state index in [4.69, 9.17) is 5.26 Å². The summed E-state index contributed by atoms with van der Waals surface area (Å²) in [6.45, 7) is 0.187. The number of rotatable bonds is 2. The molecule has 6 heteroatoms. The lowest BCUT2D eigenvalue weighted by Gasteiger charge is -2.00. The summed E-state index contributed by atoms with van der Waals surface area (Å²) in [7, 11) is 0. The Balaban J connectivity index is 2.71. The molecular formula is C7H6F3N3. The summed E-state index contributed by atoms with van der Waals surface area (Å²) in [5.74, 6) is 0. The Labute approximate surface area is 72.4 Å². The van der Waals surface area contributed by atoms with E-state index in [1.54, 1.807) is 0 Å². The third-order valence-corrected chi connectivity index (χ3v) is 1.38. The van der Waals surface area contributed by atoms with Crippen LogP contribution in [0.25, 0.3) is 0 Å². The minimum absolute atomic E-state index is 0.152. The van der Waals surface area contributed by atoms with Crippen LogP contribution in [0.3, 0.4) is 0 Å². The molecule has 1 heterocycles. The Morgan fingerprint density at radius 2 is 2.23 bits per heavy atom. The first-order chi connectivity index (χ1) is 6.04. The quantitative estimate of drug-likeness (QED) is 0.711. The first-order valence-electron chi connectivity index (χ1n) is 3.51. The summed E-state index contributed by atoms with van der Waals surface area (Å²) in [6.07, 6.45) is -3.04. The van der Waals surface area contributed by atoms with E-state index in [1.165, 1.54) is 6.20 Å². The van der Waals surface area contributed by atoms with Crippen molar-refractivity contribution in [2.75, 3.05) is 0 Å². The van der Waals surface area contributed by atoms with E-state index >= 15 is 0 Å². The molecule has 0 saturated carbocycles. The molecule has 0 spiro atoms. The molecule has 0 atom stereocenters. The van der Waals surface area contributed by atoms with Gasteiger partial charge in [-0.3, -0.25) is 4.68 Å². The van der Waals surface area contributed by atoms with Gasteiger partial charge in [0, 0.05) is 6.20 Å². The van der Waals surface area contributed by atoms with Gasteiger partial charge in [-0.2, -0.15) is 23.5 Å². The van der Waals surface area contributed by atoms with Crippen molar-refractivity contribution < 1.29 is 13.2 Å². The van der Waals surface area contributed by atoms with Crippen molar-refractivity contribution in [3.8, 4) is 6.07 Å². The minimum Gasteiger partial charge on any atom is -0.271 e. The average Bonchev–Trinajstić information content (AvgIpc) is 2.47. The molecule has 0 aliphatic carbocycles. The van der Waals surface area contributed by atoms with Gasteiger partial charge in [0.1, 0.15) is 0 Å². The summed E-state index contributed by atoms with van der Waals surface area (Å²) in [5.41, 5.74) is -0.926. The normalized spacial score (nSPS) is 11.2. The molecule has 0 aliphatic heterocycles. The highest BCUT2D eigenvalue weighted by atomic mass is 19.4. The molecule has 1 rings (SSSR count). The van der Waals surface area contributed by atoms with Crippen LogP contribution >= 0.6 is 0 Å². The predicted octanol–water partition coefficient (Wildman–Crippen LogP) is 1.82. The van der Waals surface area contributed by atoms with Gasteiger partial charge in [-0.1, -0.05) is 0 Å². The lowest BCUT2D eigenvalue weighted by atomic mass is 10.4. The SMILES string of the molecule is N#CCCn1ccc(C(F)(F)F)n1. The van der Waals surface area contributed by atoms with Crippen molar-refractivity contribution in [3.05, 3.63) is 18.0 Å². The van der Waals surface area contributed by atoms with Gasteiger partial charge in [0.2, 0.25) is 0 Å². The molecule has 0 amide bonds. The highest BCUT2D eigenvalue weighted by Gasteiger charge is 2.33. The van der Waals surface area contributed by atoms with Crippen molar-refractivity contribution >= 4 is 0 Å². The van der Waals surface area contributed by atoms with Crippen LogP contribution in [0.1, 0.15) is 12.1 Å². The van der Waals surface area contributed by atoms with Crippen molar-refractivity contribution in [1.82, 2.24) is 9.78 Å². The Morgan fingerprint density at radius 1 is 1.54 bits per heavy atom. The van der Waals surface area contributed by atoms with Crippen molar-refractivity contribution in [1.29, 1.82) is 5.26 Å². The molecule has 0 saturated heterocycles. The number of nitriles is 1. The van der Waals surface area contributed by atoms with Crippen molar-refractivity contribution in [2.45, 2.75) is 19.1 Å². The van der Waals surface area contributed by atoms with Crippen LogP contribution in [0.4, 0.5) is 13.2 Å². The fourth-order valence-corrected chi connectivity index (χ4v) is 0.802. The second kappa shape index (κ2) is 3.47. The smallest absolute Gasteiger partial charge is 0.271 e. The number of alkyl halides is 3. The highest BCUT2D eigenvalue weighted by molar-refractivity contribution is 5.03. The summed E-state index contributed by atoms with van der Waals surface area (Å²) in [5, 5.41) is 11.4. The van der Waals surface area contributed by atoms with Crippen LogP contribution < -0.4 is 0 Å². The number of aryl methyl sites for hydroxylation is 1. The lowest BCUT2D eigenvalue weighted by Crippen LogP contribution is -2.07. The molecule has 70 valence electrons. The average molecular weight is 189 g/mol. The molecule has 0 radical (unpaired) electrons. The lowest BCUT2D eigenvalue weighted by molar-refractivity contribution is -0.141. The minimum atomic E-state index is -4.40. The van der Waals surface area contributed by atoms with Gasteiger partial charge in [-0.25, -0.2) is 0 Å². The largest absolute Gasteiger partial charge is 0.435 e. The first-order valence-corrected chi connectivity index (χ1v) is 3.51. The van der Waals surface area contributed by atoms with Crippen LogP contribution in [0.5, 0.6) is 0 Å². The third kappa shape index (κ3) is 2.47. The van der Waals surface area contributed by atoms with Gasteiger partial charge in [0.05, 0.1) is 19.0 Å². The maximum Gasteiger partial charge on any atom is 0.435 e. The zero-order valence-corrected chi connectivity index (χ0v) is 6.54. The number of nitrogens with zero attached hydrogens (tertiary/aromatic N) is 3. The fourth-order valence-electron chi connectivity index (χ4n) is 0.802. The summed E-state index contributed by atoms with van der Waals surface area (Å²) >= 11 is 0. The maximum atomic E-state index is 12.0. The van der Waals surface area contributed by atoms with Crippen LogP contribution in [-0.4, -0.2) is 9.78 Å². The van der Waals surface area contributed by atoms with E-state index in [2.05, 4.69) is 5.10 Å². The van der Waals surface area contributed by atoms with Gasteiger partial charge >= 0.3 is 6.18 Å². The van der Waals surface area contributed by atoms with Gasteiger partial charge < -0.3 is 0 Å². The Hall–Kier alpha value is -1.51. The molecule has 0 N–H and O–H groups in total. The van der Waals surface area contributed by atoms with Crippen LogP contribution in [0.15, 0.2) is 12.3 Å². The Morgan fingerprint density at radius 3 is 2.69 bits per heavy atom. The van der Waals surface area contributed by atoms with Crippen LogP contribution in [0, 0.1) is 11.3 Å². The molecule has 0 bridgehead atoms. The molecular weight excluding hydrogens is 183 g/mol. The summed E-state index contributed by atoms with van der Waals surface area (Å²) in [4.78, 5) is 0. The molecule has 0 aromatic carbocycles. The van der Waals surface area contributed by atoms with E-state index < -0.39 is 11.9 Å². The Bertz CT molecular complexity index is 320. The molecule has 13 heavy (non-hydrogen) atoms. The van der Waals surface area contributed by atoms with Crippen LogP contribution in [-0.2, 0) is 12.7 Å². The van der Waals surface area contributed by atoms with Gasteiger partial charge in [-0.15, -0.1) is 0 Å². The van der Waals surface area contributed by atoms with E-state index in [0.29, 0.717) is 0 Å². The van der Waals surface area contributed by atoms with Crippen molar-refractivity contribution in [2.24, 2.45) is 0 Å². The predicted molar refractivity (Wildman–Crippen MR) is 37.5 cm³/mol. The monoisotopic (exact) mass is 189 g/mol. The van der Waals surface area contributed by atoms with E-state index in [9.17, 15) is 13.2 Å². The summed E-state index contributed by atoms with van der Waals surface area (Å²) < 4.78 is 37.1. The van der Waals surface area contributed by atoms with Gasteiger partial charge in [-0.05, 0) is 6.07 Å². The van der Waals surface area contributed by atoms with E-state index in [0.717, 1.165) is 10.7 Å². The Kier molecular flexibility index (Phi) is 2.56. The number of halogens is 3. The first kappa shape index (κ1) is 9.58. The van der Waals surface area contributed by atoms with Gasteiger partial charge in [0.15, 0.2) is 5.69 Å². The number of hydrogen-bond donors (Lipinski definition) is 0.